The Morgan fingerprint density at radius 1 is 1.54 bits per heavy atom. The third kappa shape index (κ3) is 1.78. The number of pyridine rings is 1. The first-order valence-electron chi connectivity index (χ1n) is 7.26. The predicted octanol–water partition coefficient (Wildman–Crippen LogP) is 2.34. The lowest BCUT2D eigenvalue weighted by atomic mass is 10.5. The molecule has 66 valence electrons. The molecule has 13 heavy (non-hydrogen) atoms. The van der Waals surface area contributed by atoms with Crippen LogP contribution in [-0.4, -0.2) is 14.8 Å². The van der Waals surface area contributed by atoms with E-state index in [9.17, 15) is 0 Å². The number of nitrogens with zero attached hydrogens (tertiary/aromatic N) is 3. The van der Waals surface area contributed by atoms with Crippen LogP contribution >= 0.6 is 15.9 Å². The van der Waals surface area contributed by atoms with Gasteiger partial charge in [-0.25, -0.2) is 9.67 Å². The molecule has 0 atom stereocenters. The van der Waals surface area contributed by atoms with Crippen LogP contribution in [0.3, 0.4) is 0 Å². The fourth-order valence-electron chi connectivity index (χ4n) is 0.725. The smallest absolute Gasteiger partial charge is 0.153 e. The van der Waals surface area contributed by atoms with Crippen LogP contribution < -0.4 is 0 Å². The van der Waals surface area contributed by atoms with E-state index >= 15 is 0 Å². The minimum absolute atomic E-state index is 0.0112. The summed E-state index contributed by atoms with van der Waals surface area (Å²) in [5.41, 5.74) is -0.588. The summed E-state index contributed by atoms with van der Waals surface area (Å²) in [6.45, 7) is -2.68. The molecule has 2 aromatic heterocycles. The van der Waals surface area contributed by atoms with Crippen molar-refractivity contribution < 1.29 is 11.0 Å². The van der Waals surface area contributed by atoms with Crippen molar-refractivity contribution in [1.82, 2.24) is 14.8 Å². The van der Waals surface area contributed by atoms with Crippen LogP contribution in [0.2, 0.25) is 0 Å². The van der Waals surface area contributed by atoms with Crippen LogP contribution in [0, 0.1) is 6.85 Å². The maximum absolute atomic E-state index is 7.79. The normalized spacial score (nSPS) is 20.1. The highest BCUT2D eigenvalue weighted by molar-refractivity contribution is 9.10. The molecule has 0 amide bonds. The van der Waals surface area contributed by atoms with E-state index in [2.05, 4.69) is 26.0 Å². The largest absolute Gasteiger partial charge is 0.236 e. The maximum Gasteiger partial charge on any atom is 0.153 e. The first kappa shape index (κ1) is 3.20. The number of halogens is 1. The van der Waals surface area contributed by atoms with Crippen LogP contribution in [0.25, 0.3) is 5.82 Å². The number of hydrogen-bond donors (Lipinski definition) is 0. The van der Waals surface area contributed by atoms with E-state index in [0.29, 0.717) is 4.68 Å². The Balaban J connectivity index is 2.75. The zero-order chi connectivity index (χ0) is 16.1. The van der Waals surface area contributed by atoms with E-state index in [1.54, 1.807) is 0 Å². The molecule has 0 fully saturated rings. The molecule has 0 saturated heterocycles. The van der Waals surface area contributed by atoms with E-state index in [-0.39, 0.29) is 22.5 Å². The molecule has 3 nitrogen and oxygen atoms in total. The van der Waals surface area contributed by atoms with Crippen LogP contribution in [0.15, 0.2) is 34.9 Å². The number of aromatic nitrogens is 3. The average molecular weight is 246 g/mol. The highest BCUT2D eigenvalue weighted by atomic mass is 79.9. The first-order valence-corrected chi connectivity index (χ1v) is 4.05. The van der Waals surface area contributed by atoms with Crippen LogP contribution in [0.5, 0.6) is 0 Å². The molecule has 4 heteroatoms. The van der Waals surface area contributed by atoms with Crippen molar-refractivity contribution in [3.8, 4) is 5.82 Å². The second-order valence-corrected chi connectivity index (χ2v) is 2.90. The Labute approximate surface area is 95.8 Å². The van der Waals surface area contributed by atoms with Gasteiger partial charge in [-0.05, 0) is 40.9 Å². The zero-order valence-corrected chi connectivity index (χ0v) is 7.81. The van der Waals surface area contributed by atoms with Gasteiger partial charge in [0.05, 0.1) is 12.5 Å². The van der Waals surface area contributed by atoms with Crippen molar-refractivity contribution in [3.63, 3.8) is 0 Å². The van der Waals surface area contributed by atoms with E-state index in [1.807, 2.05) is 0 Å². The molecule has 0 spiro atoms. The van der Waals surface area contributed by atoms with Crippen molar-refractivity contribution in [2.45, 2.75) is 6.85 Å². The van der Waals surface area contributed by atoms with Crippen molar-refractivity contribution >= 4 is 15.9 Å². The predicted molar refractivity (Wildman–Crippen MR) is 53.8 cm³/mol. The molecular formula is C9H8BrN3. The Bertz CT molecular complexity index is 723. The van der Waals surface area contributed by atoms with Gasteiger partial charge < -0.3 is 0 Å². The van der Waals surface area contributed by atoms with Crippen LogP contribution in [-0.2, 0) is 0 Å². The lowest BCUT2D eigenvalue weighted by Gasteiger charge is -1.98. The van der Waals surface area contributed by atoms with E-state index in [0.717, 1.165) is 0 Å². The molecule has 0 radical (unpaired) electrons. The van der Waals surface area contributed by atoms with Crippen molar-refractivity contribution in [2.75, 3.05) is 0 Å². The summed E-state index contributed by atoms with van der Waals surface area (Å²) >= 11 is 2.95. The average Bonchev–Trinajstić information content (AvgIpc) is 2.68. The van der Waals surface area contributed by atoms with Gasteiger partial charge in [-0.15, -0.1) is 0 Å². The SMILES string of the molecule is [2H]c1nc(-n2nc(C([2H])([2H])[2H])c([2H])c2[2H])c([2H])c([2H])c1Br. The number of hydrogen-bond acceptors (Lipinski definition) is 2. The van der Waals surface area contributed by atoms with Gasteiger partial charge in [-0.3, -0.25) is 0 Å². The standard InChI is InChI=1S/C9H8BrN3/c1-7-4-5-13(12-7)9-3-2-8(10)6-11-9/h2-6H,1H3/i1D3,2D,3D,4D,5D,6D. The van der Waals surface area contributed by atoms with Gasteiger partial charge in [0, 0.05) is 20.9 Å². The van der Waals surface area contributed by atoms with Crippen LogP contribution in [0.1, 0.15) is 16.7 Å². The molecule has 0 bridgehead atoms. The van der Waals surface area contributed by atoms with E-state index in [1.165, 1.54) is 0 Å². The van der Waals surface area contributed by atoms with Gasteiger partial charge in [0.1, 0.15) is 0 Å². The molecule has 2 aromatic rings. The first-order chi connectivity index (χ1) is 9.55. The third-order valence-electron chi connectivity index (χ3n) is 1.22. The minimum Gasteiger partial charge on any atom is -0.236 e. The van der Waals surface area contributed by atoms with Gasteiger partial charge >= 0.3 is 0 Å². The fourth-order valence-corrected chi connectivity index (χ4v) is 0.913. The van der Waals surface area contributed by atoms with E-state index in [4.69, 9.17) is 11.0 Å². The maximum atomic E-state index is 7.79. The fraction of sp³-hybridized carbons (Fsp3) is 0.111. The molecule has 0 saturated carbocycles. The lowest BCUT2D eigenvalue weighted by Crippen LogP contribution is -1.97. The topological polar surface area (TPSA) is 30.7 Å². The summed E-state index contributed by atoms with van der Waals surface area (Å²) in [5.74, 6) is -0.331. The lowest BCUT2D eigenvalue weighted by molar-refractivity contribution is 0.832. The van der Waals surface area contributed by atoms with Gasteiger partial charge in [-0.1, -0.05) is 0 Å². The van der Waals surface area contributed by atoms with Gasteiger partial charge in [0.25, 0.3) is 0 Å². The minimum atomic E-state index is -2.68. The molecule has 0 aliphatic heterocycles. The Morgan fingerprint density at radius 3 is 3.23 bits per heavy atom. The highest BCUT2D eigenvalue weighted by Gasteiger charge is 1.98. The molecule has 0 aliphatic carbocycles. The number of rotatable bonds is 1. The van der Waals surface area contributed by atoms with Crippen molar-refractivity contribution in [1.29, 1.82) is 0 Å². The van der Waals surface area contributed by atoms with E-state index < -0.39 is 30.8 Å². The third-order valence-corrected chi connectivity index (χ3v) is 1.60. The molecule has 0 aromatic carbocycles. The van der Waals surface area contributed by atoms with Gasteiger partial charge in [-0.2, -0.15) is 5.10 Å². The Kier molecular flexibility index (Phi) is 0.813. The van der Waals surface area contributed by atoms with Gasteiger partial charge in [0.2, 0.25) is 0 Å². The summed E-state index contributed by atoms with van der Waals surface area (Å²) in [5, 5.41) is 3.64. The summed E-state index contributed by atoms with van der Waals surface area (Å²) in [6.07, 6.45) is -0.911. The summed E-state index contributed by atoms with van der Waals surface area (Å²) < 4.78 is 60.9. The Hall–Kier alpha value is -1.16. The van der Waals surface area contributed by atoms with Crippen LogP contribution in [0.4, 0.5) is 0 Å². The number of aryl methyl sites for hydroxylation is 1. The second-order valence-electron chi connectivity index (χ2n) is 2.11. The second kappa shape index (κ2) is 3.30. The molecule has 2 rings (SSSR count). The monoisotopic (exact) mass is 245 g/mol. The Morgan fingerprint density at radius 2 is 2.46 bits per heavy atom. The van der Waals surface area contributed by atoms with Gasteiger partial charge in [0.15, 0.2) is 5.82 Å². The molecule has 2 heterocycles. The highest BCUT2D eigenvalue weighted by Crippen LogP contribution is 2.10. The molecular weight excluding hydrogens is 230 g/mol. The molecule has 0 N–H and O–H groups in total. The molecule has 0 aliphatic rings. The van der Waals surface area contributed by atoms with Crippen molar-refractivity contribution in [3.05, 3.63) is 40.6 Å². The zero-order valence-electron chi connectivity index (χ0n) is 14.2. The molecule has 0 unspecified atom stereocenters. The summed E-state index contributed by atoms with van der Waals surface area (Å²) in [6, 6.07) is -1.36. The summed E-state index contributed by atoms with van der Waals surface area (Å²) in [7, 11) is 0. The quantitative estimate of drug-likeness (QED) is 0.773. The van der Waals surface area contributed by atoms with Crippen molar-refractivity contribution in [2.24, 2.45) is 0 Å². The summed E-state index contributed by atoms with van der Waals surface area (Å²) in [4.78, 5) is 3.73.